The number of carboxylic acid groups (broad SMARTS) is 1. The van der Waals surface area contributed by atoms with Gasteiger partial charge >= 0.3 is 5.97 Å². The Labute approximate surface area is 114 Å². The van der Waals surface area contributed by atoms with Crippen LogP contribution in [0.25, 0.3) is 0 Å². The van der Waals surface area contributed by atoms with Gasteiger partial charge < -0.3 is 5.11 Å². The van der Waals surface area contributed by atoms with E-state index in [2.05, 4.69) is 4.72 Å². The van der Waals surface area contributed by atoms with Crippen molar-refractivity contribution in [3.05, 3.63) is 29.3 Å². The quantitative estimate of drug-likeness (QED) is 0.838. The van der Waals surface area contributed by atoms with E-state index in [1.54, 1.807) is 0 Å². The molecule has 8 heteroatoms. The molecule has 2 rings (SSSR count). The molecule has 0 radical (unpaired) electrons. The average Bonchev–Trinajstić information content (AvgIpc) is 3.11. The van der Waals surface area contributed by atoms with Crippen LogP contribution in [0.1, 0.15) is 29.6 Å². The van der Waals surface area contributed by atoms with Gasteiger partial charge in [0.25, 0.3) is 0 Å². The Balaban J connectivity index is 2.26. The Morgan fingerprint density at radius 2 is 2.00 bits per heavy atom. The van der Waals surface area contributed by atoms with E-state index in [4.69, 9.17) is 5.11 Å². The number of nitrogens with one attached hydrogen (secondary N) is 1. The van der Waals surface area contributed by atoms with Gasteiger partial charge in [0.2, 0.25) is 10.0 Å². The van der Waals surface area contributed by atoms with Crippen LogP contribution in [0.5, 0.6) is 0 Å². The normalized spacial score (nSPS) is 15.3. The van der Waals surface area contributed by atoms with Crippen LogP contribution in [-0.4, -0.2) is 26.0 Å². The Morgan fingerprint density at radius 3 is 2.55 bits per heavy atom. The lowest BCUT2D eigenvalue weighted by Crippen LogP contribution is -2.26. The molecule has 1 aliphatic carbocycles. The molecule has 0 saturated heterocycles. The second kappa shape index (κ2) is 5.45. The van der Waals surface area contributed by atoms with Gasteiger partial charge in [0.15, 0.2) is 5.82 Å². The highest BCUT2D eigenvalue weighted by Gasteiger charge is 2.27. The molecule has 0 unspecified atom stereocenters. The Bertz CT molecular complexity index is 641. The molecule has 2 N–H and O–H groups in total. The maximum absolute atomic E-state index is 13.8. The maximum atomic E-state index is 13.8. The molecule has 0 bridgehead atoms. The maximum Gasteiger partial charge on any atom is 0.341 e. The summed E-state index contributed by atoms with van der Waals surface area (Å²) in [5.41, 5.74) is -1.27. The molecule has 1 aliphatic rings. The van der Waals surface area contributed by atoms with E-state index in [0.29, 0.717) is 18.4 Å². The first-order valence-electron chi connectivity index (χ1n) is 6.04. The average molecular weight is 305 g/mol. The van der Waals surface area contributed by atoms with Crippen LogP contribution in [-0.2, 0) is 10.0 Å². The number of carboxylic acids is 1. The van der Waals surface area contributed by atoms with E-state index in [1.807, 2.05) is 0 Å². The van der Waals surface area contributed by atoms with E-state index in [1.165, 1.54) is 0 Å². The standard InChI is InChI=1S/C12H13F2NO4S/c13-8-3-4-9(11(14)10(8)12(16)17)20(18,19)15-6-5-7-1-2-7/h3-4,7,15H,1-2,5-6H2,(H,16,17). The minimum Gasteiger partial charge on any atom is -0.477 e. The predicted octanol–water partition coefficient (Wildman–Crippen LogP) is 1.74. The lowest BCUT2D eigenvalue weighted by molar-refractivity contribution is 0.0685. The van der Waals surface area contributed by atoms with Crippen molar-refractivity contribution < 1.29 is 27.1 Å². The third-order valence-electron chi connectivity index (χ3n) is 3.10. The highest BCUT2D eigenvalue weighted by molar-refractivity contribution is 7.89. The highest BCUT2D eigenvalue weighted by Crippen LogP contribution is 2.32. The van der Waals surface area contributed by atoms with E-state index >= 15 is 0 Å². The van der Waals surface area contributed by atoms with Gasteiger partial charge in [-0.2, -0.15) is 0 Å². The third kappa shape index (κ3) is 3.13. The molecule has 0 aromatic heterocycles. The summed E-state index contributed by atoms with van der Waals surface area (Å²) in [5.74, 6) is -4.26. The topological polar surface area (TPSA) is 83.5 Å². The van der Waals surface area contributed by atoms with E-state index in [0.717, 1.165) is 18.9 Å². The number of benzene rings is 1. The number of halogens is 2. The second-order valence-corrected chi connectivity index (χ2v) is 6.40. The first-order chi connectivity index (χ1) is 9.33. The number of hydrogen-bond acceptors (Lipinski definition) is 3. The summed E-state index contributed by atoms with van der Waals surface area (Å²) in [6, 6.07) is 1.35. The first-order valence-corrected chi connectivity index (χ1v) is 7.52. The van der Waals surface area contributed by atoms with E-state index < -0.39 is 38.1 Å². The fraction of sp³-hybridized carbons (Fsp3) is 0.417. The predicted molar refractivity (Wildman–Crippen MR) is 65.8 cm³/mol. The van der Waals surface area contributed by atoms with Gasteiger partial charge in [-0.25, -0.2) is 26.7 Å². The fourth-order valence-corrected chi connectivity index (χ4v) is 2.95. The summed E-state index contributed by atoms with van der Waals surface area (Å²) in [7, 11) is -4.19. The molecule has 0 heterocycles. The SMILES string of the molecule is O=C(O)c1c(F)ccc(S(=O)(=O)NCCC2CC2)c1F. The van der Waals surface area contributed by atoms with Crippen molar-refractivity contribution in [1.82, 2.24) is 4.72 Å². The summed E-state index contributed by atoms with van der Waals surface area (Å²) in [5, 5.41) is 8.70. The van der Waals surface area contributed by atoms with Crippen LogP contribution in [0.2, 0.25) is 0 Å². The van der Waals surface area contributed by atoms with Gasteiger partial charge in [-0.15, -0.1) is 0 Å². The molecule has 1 fully saturated rings. The minimum atomic E-state index is -4.19. The van der Waals surface area contributed by atoms with Crippen LogP contribution in [0.4, 0.5) is 8.78 Å². The summed E-state index contributed by atoms with van der Waals surface area (Å²) in [6.07, 6.45) is 2.75. The smallest absolute Gasteiger partial charge is 0.341 e. The molecule has 0 spiro atoms. The highest BCUT2D eigenvalue weighted by atomic mass is 32.2. The van der Waals surface area contributed by atoms with Crippen molar-refractivity contribution in [2.75, 3.05) is 6.54 Å². The Hall–Kier alpha value is -1.54. The summed E-state index contributed by atoms with van der Waals surface area (Å²) < 4.78 is 53.0. The molecule has 1 aromatic carbocycles. The van der Waals surface area contributed by atoms with Gasteiger partial charge in [-0.1, -0.05) is 12.8 Å². The zero-order valence-corrected chi connectivity index (χ0v) is 11.2. The van der Waals surface area contributed by atoms with Crippen LogP contribution in [0.3, 0.4) is 0 Å². The van der Waals surface area contributed by atoms with Crippen molar-refractivity contribution >= 4 is 16.0 Å². The van der Waals surface area contributed by atoms with Crippen LogP contribution in [0.15, 0.2) is 17.0 Å². The van der Waals surface area contributed by atoms with Crippen molar-refractivity contribution in [2.24, 2.45) is 5.92 Å². The molecular formula is C12H13F2NO4S. The van der Waals surface area contributed by atoms with Gasteiger partial charge in [-0.3, -0.25) is 0 Å². The lowest BCUT2D eigenvalue weighted by atomic mass is 10.2. The molecule has 0 aliphatic heterocycles. The van der Waals surface area contributed by atoms with Crippen molar-refractivity contribution in [3.63, 3.8) is 0 Å². The molecule has 20 heavy (non-hydrogen) atoms. The largest absolute Gasteiger partial charge is 0.477 e. The zero-order chi connectivity index (χ0) is 14.9. The number of carbonyl (C=O) groups is 1. The third-order valence-corrected chi connectivity index (χ3v) is 4.58. The number of rotatable bonds is 6. The van der Waals surface area contributed by atoms with Gasteiger partial charge in [-0.05, 0) is 24.5 Å². The molecule has 110 valence electrons. The molecule has 1 aromatic rings. The van der Waals surface area contributed by atoms with Crippen LogP contribution in [0, 0.1) is 17.6 Å². The molecule has 0 atom stereocenters. The van der Waals surface area contributed by atoms with Crippen molar-refractivity contribution in [2.45, 2.75) is 24.2 Å². The summed E-state index contributed by atoms with van der Waals surface area (Å²) in [4.78, 5) is 9.88. The summed E-state index contributed by atoms with van der Waals surface area (Å²) in [6.45, 7) is 0.145. The minimum absolute atomic E-state index is 0.145. The van der Waals surface area contributed by atoms with Crippen LogP contribution < -0.4 is 4.72 Å². The Morgan fingerprint density at radius 1 is 1.35 bits per heavy atom. The molecule has 1 saturated carbocycles. The Kier molecular flexibility index (Phi) is 4.05. The van der Waals surface area contributed by atoms with Gasteiger partial charge in [0.1, 0.15) is 16.3 Å². The summed E-state index contributed by atoms with van der Waals surface area (Å²) >= 11 is 0. The first kappa shape index (κ1) is 14.9. The van der Waals surface area contributed by atoms with Crippen molar-refractivity contribution in [1.29, 1.82) is 0 Å². The zero-order valence-electron chi connectivity index (χ0n) is 10.4. The number of aromatic carboxylic acids is 1. The fourth-order valence-electron chi connectivity index (χ4n) is 1.82. The molecule has 0 amide bonds. The molecular weight excluding hydrogens is 292 g/mol. The number of hydrogen-bond donors (Lipinski definition) is 2. The molecule has 5 nitrogen and oxygen atoms in total. The second-order valence-electron chi connectivity index (χ2n) is 4.67. The van der Waals surface area contributed by atoms with Crippen molar-refractivity contribution in [3.8, 4) is 0 Å². The van der Waals surface area contributed by atoms with Crippen LogP contribution >= 0.6 is 0 Å². The lowest BCUT2D eigenvalue weighted by Gasteiger charge is -2.09. The van der Waals surface area contributed by atoms with E-state index in [9.17, 15) is 22.0 Å². The number of sulfonamides is 1. The van der Waals surface area contributed by atoms with Gasteiger partial charge in [0, 0.05) is 6.54 Å². The monoisotopic (exact) mass is 305 g/mol. The van der Waals surface area contributed by atoms with E-state index in [-0.39, 0.29) is 6.54 Å². The van der Waals surface area contributed by atoms with Gasteiger partial charge in [0.05, 0.1) is 0 Å².